The van der Waals surface area contributed by atoms with Gasteiger partial charge in [-0.25, -0.2) is 9.59 Å². The summed E-state index contributed by atoms with van der Waals surface area (Å²) in [5.41, 5.74) is 0. The first-order valence-corrected chi connectivity index (χ1v) is 8.17. The minimum Gasteiger partial charge on any atom is -0.480 e. The first-order valence-electron chi connectivity index (χ1n) is 8.17. The molecule has 1 aliphatic heterocycles. The van der Waals surface area contributed by atoms with E-state index in [1.807, 2.05) is 0 Å². The van der Waals surface area contributed by atoms with Crippen LogP contribution in [-0.4, -0.2) is 65.2 Å². The summed E-state index contributed by atoms with van der Waals surface area (Å²) in [5, 5.41) is 11.9. The van der Waals surface area contributed by atoms with E-state index >= 15 is 0 Å². The average Bonchev–Trinajstić information content (AvgIpc) is 3.17. The fourth-order valence-electron chi connectivity index (χ4n) is 3.59. The van der Waals surface area contributed by atoms with Crippen molar-refractivity contribution in [3.63, 3.8) is 0 Å². The molecule has 2 aliphatic carbocycles. The normalized spacial score (nSPS) is 25.8. The fraction of sp³-hybridized carbons (Fsp3) is 0.867. The van der Waals surface area contributed by atoms with Crippen molar-refractivity contribution in [2.45, 2.75) is 50.6 Å². The standard InChI is InChI=1S/C15H25N3O3/c19-14(20)13(11-5-6-11)16-15(21)18-9-7-17(8-10-18)12-3-1-2-4-12/h11-13H,1-10H2,(H,16,21)(H,19,20). The van der Waals surface area contributed by atoms with Crippen molar-refractivity contribution in [2.75, 3.05) is 26.2 Å². The number of urea groups is 1. The molecule has 21 heavy (non-hydrogen) atoms. The van der Waals surface area contributed by atoms with Crippen LogP contribution in [0.5, 0.6) is 0 Å². The summed E-state index contributed by atoms with van der Waals surface area (Å²) in [5.74, 6) is -0.776. The van der Waals surface area contributed by atoms with E-state index < -0.39 is 12.0 Å². The van der Waals surface area contributed by atoms with E-state index in [0.29, 0.717) is 19.1 Å². The molecule has 0 aromatic rings. The summed E-state index contributed by atoms with van der Waals surface area (Å²) in [4.78, 5) is 27.6. The predicted octanol–water partition coefficient (Wildman–Crippen LogP) is 1.12. The lowest BCUT2D eigenvalue weighted by Crippen LogP contribution is -2.56. The van der Waals surface area contributed by atoms with Gasteiger partial charge in [0.2, 0.25) is 0 Å². The smallest absolute Gasteiger partial charge is 0.326 e. The Morgan fingerprint density at radius 2 is 1.62 bits per heavy atom. The number of hydrogen-bond acceptors (Lipinski definition) is 3. The lowest BCUT2D eigenvalue weighted by atomic mass is 10.1. The minimum atomic E-state index is -0.907. The zero-order valence-electron chi connectivity index (χ0n) is 12.5. The van der Waals surface area contributed by atoms with Crippen LogP contribution in [0.3, 0.4) is 0 Å². The third-order valence-corrected chi connectivity index (χ3v) is 5.08. The predicted molar refractivity (Wildman–Crippen MR) is 78.1 cm³/mol. The Bertz CT molecular complexity index is 397. The van der Waals surface area contributed by atoms with Crippen LogP contribution in [0.25, 0.3) is 0 Å². The van der Waals surface area contributed by atoms with E-state index in [4.69, 9.17) is 0 Å². The number of amides is 2. The molecule has 0 spiro atoms. The van der Waals surface area contributed by atoms with Gasteiger partial charge in [-0.2, -0.15) is 0 Å². The third-order valence-electron chi connectivity index (χ3n) is 5.08. The van der Waals surface area contributed by atoms with Gasteiger partial charge in [0.25, 0.3) is 0 Å². The van der Waals surface area contributed by atoms with Crippen LogP contribution < -0.4 is 5.32 Å². The molecule has 0 bridgehead atoms. The van der Waals surface area contributed by atoms with Crippen molar-refractivity contribution >= 4 is 12.0 Å². The molecule has 2 amide bonds. The van der Waals surface area contributed by atoms with Gasteiger partial charge < -0.3 is 15.3 Å². The molecule has 0 aromatic carbocycles. The van der Waals surface area contributed by atoms with Gasteiger partial charge in [0.1, 0.15) is 6.04 Å². The van der Waals surface area contributed by atoms with E-state index in [0.717, 1.165) is 25.9 Å². The van der Waals surface area contributed by atoms with Gasteiger partial charge >= 0.3 is 12.0 Å². The molecule has 1 atom stereocenters. The number of carboxylic acids is 1. The monoisotopic (exact) mass is 295 g/mol. The molecular weight excluding hydrogens is 270 g/mol. The summed E-state index contributed by atoms with van der Waals surface area (Å²) < 4.78 is 0. The maximum Gasteiger partial charge on any atom is 0.326 e. The van der Waals surface area contributed by atoms with Gasteiger partial charge in [-0.3, -0.25) is 4.90 Å². The van der Waals surface area contributed by atoms with E-state index in [1.165, 1.54) is 25.7 Å². The Balaban J connectivity index is 1.47. The molecule has 1 heterocycles. The second-order valence-corrected chi connectivity index (χ2v) is 6.56. The van der Waals surface area contributed by atoms with Gasteiger partial charge in [0.05, 0.1) is 0 Å². The Kier molecular flexibility index (Phi) is 4.33. The summed E-state index contributed by atoms with van der Waals surface area (Å²) in [6, 6.07) is -0.209. The molecule has 2 saturated carbocycles. The third kappa shape index (κ3) is 3.48. The van der Waals surface area contributed by atoms with Gasteiger partial charge in [-0.15, -0.1) is 0 Å². The van der Waals surface area contributed by atoms with Crippen LogP contribution >= 0.6 is 0 Å². The lowest BCUT2D eigenvalue weighted by molar-refractivity contribution is -0.139. The summed E-state index contributed by atoms with van der Waals surface area (Å²) in [6.45, 7) is 3.25. The Hall–Kier alpha value is -1.30. The van der Waals surface area contributed by atoms with Crippen molar-refractivity contribution in [3.05, 3.63) is 0 Å². The van der Waals surface area contributed by atoms with Crippen LogP contribution in [-0.2, 0) is 4.79 Å². The number of rotatable bonds is 4. The Labute approximate surface area is 125 Å². The highest BCUT2D eigenvalue weighted by molar-refractivity contribution is 5.83. The molecule has 1 saturated heterocycles. The highest BCUT2D eigenvalue weighted by Crippen LogP contribution is 2.32. The molecule has 2 N–H and O–H groups in total. The number of nitrogens with zero attached hydrogens (tertiary/aromatic N) is 2. The molecular formula is C15H25N3O3. The number of carbonyl (C=O) groups excluding carboxylic acids is 1. The highest BCUT2D eigenvalue weighted by atomic mass is 16.4. The molecule has 6 heteroatoms. The van der Waals surface area contributed by atoms with Crippen molar-refractivity contribution in [2.24, 2.45) is 5.92 Å². The Morgan fingerprint density at radius 3 is 2.14 bits per heavy atom. The van der Waals surface area contributed by atoms with Crippen LogP contribution in [0.4, 0.5) is 4.79 Å². The van der Waals surface area contributed by atoms with Crippen LogP contribution in [0.15, 0.2) is 0 Å². The first kappa shape index (κ1) is 14.6. The number of aliphatic carboxylic acids is 1. The first-order chi connectivity index (χ1) is 10.1. The average molecular weight is 295 g/mol. The highest BCUT2D eigenvalue weighted by Gasteiger charge is 2.38. The molecule has 6 nitrogen and oxygen atoms in total. The van der Waals surface area contributed by atoms with Crippen LogP contribution in [0.1, 0.15) is 38.5 Å². The van der Waals surface area contributed by atoms with Crippen LogP contribution in [0.2, 0.25) is 0 Å². The van der Waals surface area contributed by atoms with Crippen molar-refractivity contribution < 1.29 is 14.7 Å². The number of nitrogens with one attached hydrogen (secondary N) is 1. The molecule has 0 aromatic heterocycles. The molecule has 118 valence electrons. The molecule has 3 aliphatic rings. The number of carbonyl (C=O) groups is 2. The summed E-state index contributed by atoms with van der Waals surface area (Å²) >= 11 is 0. The maximum absolute atomic E-state index is 12.2. The lowest BCUT2D eigenvalue weighted by Gasteiger charge is -2.38. The zero-order valence-corrected chi connectivity index (χ0v) is 12.5. The molecule has 0 radical (unpaired) electrons. The van der Waals surface area contributed by atoms with Crippen molar-refractivity contribution in [3.8, 4) is 0 Å². The quantitative estimate of drug-likeness (QED) is 0.815. The van der Waals surface area contributed by atoms with Gasteiger partial charge in [-0.1, -0.05) is 12.8 Å². The number of piperazine rings is 1. The number of hydrogen-bond donors (Lipinski definition) is 2. The number of carboxylic acid groups (broad SMARTS) is 1. The van der Waals surface area contributed by atoms with E-state index in [9.17, 15) is 14.7 Å². The zero-order chi connectivity index (χ0) is 14.8. The fourth-order valence-corrected chi connectivity index (χ4v) is 3.59. The minimum absolute atomic E-state index is 0.131. The SMILES string of the molecule is O=C(O)C(NC(=O)N1CCN(C2CCCC2)CC1)C1CC1. The van der Waals surface area contributed by atoms with Crippen molar-refractivity contribution in [1.82, 2.24) is 15.1 Å². The Morgan fingerprint density at radius 1 is 1.00 bits per heavy atom. The molecule has 3 rings (SSSR count). The van der Waals surface area contributed by atoms with E-state index in [-0.39, 0.29) is 11.9 Å². The summed E-state index contributed by atoms with van der Waals surface area (Å²) in [7, 11) is 0. The maximum atomic E-state index is 12.2. The van der Waals surface area contributed by atoms with E-state index in [2.05, 4.69) is 10.2 Å². The molecule has 1 unspecified atom stereocenters. The van der Waals surface area contributed by atoms with Crippen LogP contribution in [0, 0.1) is 5.92 Å². The van der Waals surface area contributed by atoms with Gasteiger partial charge in [0.15, 0.2) is 0 Å². The second-order valence-electron chi connectivity index (χ2n) is 6.56. The van der Waals surface area contributed by atoms with Crippen molar-refractivity contribution in [1.29, 1.82) is 0 Å². The topological polar surface area (TPSA) is 72.9 Å². The second kappa shape index (κ2) is 6.22. The van der Waals surface area contributed by atoms with Gasteiger partial charge in [0, 0.05) is 32.2 Å². The summed E-state index contributed by atoms with van der Waals surface area (Å²) in [6.07, 6.45) is 7.05. The van der Waals surface area contributed by atoms with E-state index in [1.54, 1.807) is 4.90 Å². The largest absolute Gasteiger partial charge is 0.480 e. The van der Waals surface area contributed by atoms with Gasteiger partial charge in [-0.05, 0) is 31.6 Å². The molecule has 3 fully saturated rings.